The average Bonchev–Trinajstić information content (AvgIpc) is 2.65. The fraction of sp³-hybridized carbons (Fsp3) is 0.0476. The molecule has 0 saturated heterocycles. The lowest BCUT2D eigenvalue weighted by atomic mass is 10.2. The summed E-state index contributed by atoms with van der Waals surface area (Å²) in [5.41, 5.74) is 3.75. The van der Waals surface area contributed by atoms with Crippen molar-refractivity contribution in [2.24, 2.45) is 0 Å². The highest BCUT2D eigenvalue weighted by Crippen LogP contribution is 2.13. The SMILES string of the molecule is CC(=O)C(=O)[O-].c1ccc([NH+](c2ccccc2)c2ccccc2)cc1. The summed E-state index contributed by atoms with van der Waals surface area (Å²) in [5, 5.41) is 9.24. The zero-order chi connectivity index (χ0) is 18.1. The van der Waals surface area contributed by atoms with Gasteiger partial charge in [-0.2, -0.15) is 0 Å². The molecule has 3 aromatic carbocycles. The van der Waals surface area contributed by atoms with Crippen LogP contribution in [0, 0.1) is 0 Å². The van der Waals surface area contributed by atoms with E-state index in [4.69, 9.17) is 0 Å². The van der Waals surface area contributed by atoms with Gasteiger partial charge in [-0.05, 0) is 36.4 Å². The molecule has 0 atom stereocenters. The Kier molecular flexibility index (Phi) is 6.63. The molecular formula is C21H19NO3. The lowest BCUT2D eigenvalue weighted by Gasteiger charge is -2.18. The molecule has 0 unspecified atom stereocenters. The summed E-state index contributed by atoms with van der Waals surface area (Å²) in [4.78, 5) is 20.0. The number of carbonyl (C=O) groups excluding carboxylic acids is 2. The van der Waals surface area contributed by atoms with E-state index in [0.717, 1.165) is 6.92 Å². The number of aliphatic carboxylic acids is 1. The Morgan fingerprint density at radius 2 is 0.880 bits per heavy atom. The number of hydrogen-bond acceptors (Lipinski definition) is 3. The van der Waals surface area contributed by atoms with E-state index in [9.17, 15) is 14.7 Å². The van der Waals surface area contributed by atoms with Crippen LogP contribution in [0.5, 0.6) is 0 Å². The van der Waals surface area contributed by atoms with Crippen molar-refractivity contribution in [1.82, 2.24) is 0 Å². The lowest BCUT2D eigenvalue weighted by Crippen LogP contribution is -2.96. The summed E-state index contributed by atoms with van der Waals surface area (Å²) >= 11 is 0. The van der Waals surface area contributed by atoms with Gasteiger partial charge in [0.15, 0.2) is 5.78 Å². The third kappa shape index (κ3) is 5.41. The summed E-state index contributed by atoms with van der Waals surface area (Å²) in [6.07, 6.45) is 0. The largest absolute Gasteiger partial charge is 0.542 e. The van der Waals surface area contributed by atoms with Gasteiger partial charge in [-0.1, -0.05) is 54.6 Å². The van der Waals surface area contributed by atoms with E-state index in [2.05, 4.69) is 91.0 Å². The van der Waals surface area contributed by atoms with Crippen molar-refractivity contribution in [2.45, 2.75) is 6.92 Å². The van der Waals surface area contributed by atoms with Crippen molar-refractivity contribution in [2.75, 3.05) is 0 Å². The predicted molar refractivity (Wildman–Crippen MR) is 95.0 cm³/mol. The minimum atomic E-state index is -1.63. The van der Waals surface area contributed by atoms with Gasteiger partial charge in [0.2, 0.25) is 0 Å². The van der Waals surface area contributed by atoms with Gasteiger partial charge in [0.05, 0.1) is 0 Å². The van der Waals surface area contributed by atoms with Crippen LogP contribution in [0.15, 0.2) is 91.0 Å². The fourth-order valence-electron chi connectivity index (χ4n) is 2.31. The second kappa shape index (κ2) is 9.15. The van der Waals surface area contributed by atoms with Crippen LogP contribution in [-0.4, -0.2) is 11.8 Å². The van der Waals surface area contributed by atoms with Gasteiger partial charge < -0.3 is 9.90 Å². The molecule has 1 N–H and O–H groups in total. The summed E-state index contributed by atoms with van der Waals surface area (Å²) in [6.45, 7) is 0.940. The third-order valence-electron chi connectivity index (χ3n) is 3.47. The Hall–Kier alpha value is -3.24. The first-order valence-corrected chi connectivity index (χ1v) is 7.84. The van der Waals surface area contributed by atoms with Gasteiger partial charge in [-0.3, -0.25) is 4.79 Å². The summed E-state index contributed by atoms with van der Waals surface area (Å²) in [7, 11) is 0. The van der Waals surface area contributed by atoms with Crippen LogP contribution < -0.4 is 10.0 Å². The summed E-state index contributed by atoms with van der Waals surface area (Å²) < 4.78 is 0. The number of ketones is 1. The van der Waals surface area contributed by atoms with E-state index in [-0.39, 0.29) is 0 Å². The van der Waals surface area contributed by atoms with E-state index in [1.807, 2.05) is 0 Å². The molecule has 3 rings (SSSR count). The zero-order valence-corrected chi connectivity index (χ0v) is 13.9. The first-order valence-electron chi connectivity index (χ1n) is 7.84. The van der Waals surface area contributed by atoms with Gasteiger partial charge >= 0.3 is 0 Å². The van der Waals surface area contributed by atoms with Crippen LogP contribution in [0.1, 0.15) is 6.92 Å². The number of carboxylic acid groups (broad SMARTS) is 1. The van der Waals surface area contributed by atoms with Crippen molar-refractivity contribution in [3.8, 4) is 0 Å². The second-order valence-electron chi connectivity index (χ2n) is 5.32. The van der Waals surface area contributed by atoms with E-state index < -0.39 is 11.8 Å². The third-order valence-corrected chi connectivity index (χ3v) is 3.47. The van der Waals surface area contributed by atoms with Crippen LogP contribution in [0.4, 0.5) is 17.1 Å². The average molecular weight is 333 g/mol. The van der Waals surface area contributed by atoms with Crippen LogP contribution in [-0.2, 0) is 9.59 Å². The van der Waals surface area contributed by atoms with E-state index in [0.29, 0.717) is 0 Å². The molecule has 0 aromatic heterocycles. The van der Waals surface area contributed by atoms with E-state index in [1.54, 1.807) is 0 Å². The van der Waals surface area contributed by atoms with Crippen molar-refractivity contribution in [3.05, 3.63) is 91.0 Å². The molecule has 0 heterocycles. The Morgan fingerprint density at radius 3 is 1.08 bits per heavy atom. The Balaban J connectivity index is 0.000000326. The highest BCUT2D eigenvalue weighted by molar-refractivity contribution is 6.30. The van der Waals surface area contributed by atoms with Gasteiger partial charge in [-0.15, -0.1) is 0 Å². The molecule has 0 aliphatic heterocycles. The molecule has 126 valence electrons. The molecule has 0 saturated carbocycles. The second-order valence-corrected chi connectivity index (χ2v) is 5.32. The Morgan fingerprint density at radius 1 is 0.640 bits per heavy atom. The number of carboxylic acids is 1. The highest BCUT2D eigenvalue weighted by Gasteiger charge is 2.17. The van der Waals surface area contributed by atoms with Gasteiger partial charge in [0.1, 0.15) is 23.0 Å². The fourth-order valence-corrected chi connectivity index (χ4v) is 2.31. The van der Waals surface area contributed by atoms with Crippen molar-refractivity contribution in [3.63, 3.8) is 0 Å². The number of para-hydroxylation sites is 3. The van der Waals surface area contributed by atoms with Crippen LogP contribution in [0.3, 0.4) is 0 Å². The highest BCUT2D eigenvalue weighted by atomic mass is 16.4. The van der Waals surface area contributed by atoms with Gasteiger partial charge in [0.25, 0.3) is 0 Å². The molecule has 0 fully saturated rings. The maximum atomic E-state index is 9.48. The predicted octanol–water partition coefficient (Wildman–Crippen LogP) is 2.19. The molecule has 4 nitrogen and oxygen atoms in total. The smallest absolute Gasteiger partial charge is 0.175 e. The Labute approximate surface area is 147 Å². The van der Waals surface area contributed by atoms with Crippen LogP contribution in [0.2, 0.25) is 0 Å². The number of quaternary nitrogens is 1. The molecular weight excluding hydrogens is 314 g/mol. The number of nitrogens with one attached hydrogen (secondary N) is 1. The maximum Gasteiger partial charge on any atom is 0.175 e. The zero-order valence-electron chi connectivity index (χ0n) is 13.9. The first kappa shape index (κ1) is 18.1. The normalized spacial score (nSPS) is 9.84. The molecule has 3 aromatic rings. The number of carbonyl (C=O) groups is 2. The molecule has 0 aliphatic carbocycles. The van der Waals surface area contributed by atoms with Crippen molar-refractivity contribution in [1.29, 1.82) is 0 Å². The maximum absolute atomic E-state index is 9.48. The molecule has 0 amide bonds. The summed E-state index contributed by atoms with van der Waals surface area (Å²) in [5.74, 6) is -2.56. The Bertz CT molecular complexity index is 696. The number of benzene rings is 3. The number of Topliss-reactive ketones (excluding diaryl/α,β-unsaturated/α-hetero) is 1. The van der Waals surface area contributed by atoms with Crippen LogP contribution in [0.25, 0.3) is 0 Å². The molecule has 4 heteroatoms. The molecule has 0 bridgehead atoms. The van der Waals surface area contributed by atoms with Crippen molar-refractivity contribution >= 4 is 28.8 Å². The minimum absolute atomic E-state index is 0.935. The standard InChI is InChI=1S/C18H15N.C3H4O3/c1-4-10-16(11-5-1)19(17-12-6-2-7-13-17)18-14-8-3-9-15-18;1-2(4)3(5)6/h1-15H;1H3,(H,5,6). The molecule has 0 aliphatic rings. The quantitative estimate of drug-likeness (QED) is 0.745. The van der Waals surface area contributed by atoms with E-state index >= 15 is 0 Å². The molecule has 25 heavy (non-hydrogen) atoms. The van der Waals surface area contributed by atoms with E-state index in [1.165, 1.54) is 22.0 Å². The van der Waals surface area contributed by atoms with Crippen molar-refractivity contribution < 1.29 is 19.6 Å². The molecule has 0 spiro atoms. The van der Waals surface area contributed by atoms with Gasteiger partial charge in [0, 0.05) is 6.92 Å². The summed E-state index contributed by atoms with van der Waals surface area (Å²) in [6, 6.07) is 31.6. The monoisotopic (exact) mass is 333 g/mol. The lowest BCUT2D eigenvalue weighted by molar-refractivity contribution is -0.681. The number of hydrogen-bond donors (Lipinski definition) is 1. The molecule has 0 radical (unpaired) electrons. The first-order chi connectivity index (χ1) is 12.1. The van der Waals surface area contributed by atoms with Crippen LogP contribution >= 0.6 is 0 Å². The number of rotatable bonds is 4. The minimum Gasteiger partial charge on any atom is -0.542 e. The topological polar surface area (TPSA) is 61.6 Å². The van der Waals surface area contributed by atoms with Gasteiger partial charge in [-0.25, -0.2) is 4.90 Å².